The van der Waals surface area contributed by atoms with Crippen molar-refractivity contribution in [2.75, 3.05) is 6.54 Å². The Hall–Kier alpha value is -0.640. The molecule has 1 amide bonds. The molecule has 0 aromatic heterocycles. The van der Waals surface area contributed by atoms with Crippen LogP contribution >= 0.6 is 0 Å². The quantitative estimate of drug-likeness (QED) is 0.710. The zero-order valence-corrected chi connectivity index (χ0v) is 9.30. The minimum Gasteiger partial charge on any atom is -0.391 e. The molecule has 14 heavy (non-hydrogen) atoms. The third-order valence-electron chi connectivity index (χ3n) is 2.31. The SMILES string of the molecule is CCC(C)C(O)CNC(=O)C(C)(C)F. The lowest BCUT2D eigenvalue weighted by Crippen LogP contribution is -2.43. The summed E-state index contributed by atoms with van der Waals surface area (Å²) in [6.45, 7) is 6.34. The summed E-state index contributed by atoms with van der Waals surface area (Å²) in [4.78, 5) is 11.1. The Morgan fingerprint density at radius 3 is 2.43 bits per heavy atom. The summed E-state index contributed by atoms with van der Waals surface area (Å²) < 4.78 is 13.0. The van der Waals surface area contributed by atoms with Crippen LogP contribution < -0.4 is 5.32 Å². The number of amides is 1. The number of halogens is 1. The van der Waals surface area contributed by atoms with Gasteiger partial charge < -0.3 is 10.4 Å². The molecule has 0 saturated carbocycles. The lowest BCUT2D eigenvalue weighted by atomic mass is 10.0. The molecule has 2 atom stereocenters. The normalized spacial score (nSPS) is 16.1. The first-order chi connectivity index (χ1) is 6.29. The van der Waals surface area contributed by atoms with Gasteiger partial charge >= 0.3 is 0 Å². The summed E-state index contributed by atoms with van der Waals surface area (Å²) in [5, 5.41) is 11.9. The van der Waals surface area contributed by atoms with Crippen LogP contribution in [-0.4, -0.2) is 29.3 Å². The summed E-state index contributed by atoms with van der Waals surface area (Å²) in [6.07, 6.45) is 0.224. The minimum absolute atomic E-state index is 0.109. The molecule has 0 fully saturated rings. The van der Waals surface area contributed by atoms with Gasteiger partial charge in [-0.1, -0.05) is 20.3 Å². The average Bonchev–Trinajstić information content (AvgIpc) is 2.10. The van der Waals surface area contributed by atoms with Crippen LogP contribution in [0.1, 0.15) is 34.1 Å². The smallest absolute Gasteiger partial charge is 0.257 e. The molecule has 0 aliphatic rings. The van der Waals surface area contributed by atoms with Gasteiger partial charge in [0.2, 0.25) is 0 Å². The van der Waals surface area contributed by atoms with Gasteiger partial charge in [0.25, 0.3) is 5.91 Å². The first-order valence-corrected chi connectivity index (χ1v) is 4.94. The molecule has 2 N–H and O–H groups in total. The van der Waals surface area contributed by atoms with Gasteiger partial charge in [-0.15, -0.1) is 0 Å². The fourth-order valence-corrected chi connectivity index (χ4v) is 0.881. The van der Waals surface area contributed by atoms with E-state index in [-0.39, 0.29) is 12.5 Å². The maximum Gasteiger partial charge on any atom is 0.257 e. The van der Waals surface area contributed by atoms with Crippen molar-refractivity contribution in [3.05, 3.63) is 0 Å². The van der Waals surface area contributed by atoms with E-state index in [1.54, 1.807) is 0 Å². The predicted octanol–water partition coefficient (Wildman–Crippen LogP) is 1.26. The molecule has 0 aromatic rings. The Labute approximate surface area is 84.7 Å². The number of aliphatic hydroxyl groups is 1. The maximum atomic E-state index is 13.0. The van der Waals surface area contributed by atoms with Crippen LogP contribution in [0.15, 0.2) is 0 Å². The molecule has 2 unspecified atom stereocenters. The van der Waals surface area contributed by atoms with Crippen LogP contribution in [0.5, 0.6) is 0 Å². The summed E-state index contributed by atoms with van der Waals surface area (Å²) in [5.41, 5.74) is -1.88. The van der Waals surface area contributed by atoms with Crippen LogP contribution in [-0.2, 0) is 4.79 Å². The topological polar surface area (TPSA) is 49.3 Å². The second-order valence-electron chi connectivity index (χ2n) is 4.14. The first kappa shape index (κ1) is 13.4. The van der Waals surface area contributed by atoms with Crippen molar-refractivity contribution in [2.45, 2.75) is 45.9 Å². The molecule has 0 heterocycles. The molecule has 0 aromatic carbocycles. The summed E-state index contributed by atoms with van der Waals surface area (Å²) in [7, 11) is 0. The highest BCUT2D eigenvalue weighted by Crippen LogP contribution is 2.09. The standard InChI is InChI=1S/C10H20FNO2/c1-5-7(2)8(13)6-12-9(14)10(3,4)11/h7-8,13H,5-6H2,1-4H3,(H,12,14). The van der Waals surface area contributed by atoms with Gasteiger partial charge in [0.15, 0.2) is 5.67 Å². The highest BCUT2D eigenvalue weighted by atomic mass is 19.1. The van der Waals surface area contributed by atoms with Crippen LogP contribution in [0.2, 0.25) is 0 Å². The van der Waals surface area contributed by atoms with E-state index in [9.17, 15) is 14.3 Å². The van der Waals surface area contributed by atoms with Crippen LogP contribution in [0.4, 0.5) is 4.39 Å². The zero-order valence-electron chi connectivity index (χ0n) is 9.30. The van der Waals surface area contributed by atoms with Crippen molar-refractivity contribution < 1.29 is 14.3 Å². The van der Waals surface area contributed by atoms with Gasteiger partial charge in [-0.3, -0.25) is 4.79 Å². The van der Waals surface area contributed by atoms with Gasteiger partial charge in [0, 0.05) is 6.54 Å². The monoisotopic (exact) mass is 205 g/mol. The largest absolute Gasteiger partial charge is 0.391 e. The second kappa shape index (κ2) is 5.29. The number of rotatable bonds is 5. The summed E-state index contributed by atoms with van der Waals surface area (Å²) in [6, 6.07) is 0. The Kier molecular flexibility index (Phi) is 5.05. The lowest BCUT2D eigenvalue weighted by molar-refractivity contribution is -0.131. The van der Waals surface area contributed by atoms with Gasteiger partial charge in [-0.25, -0.2) is 4.39 Å². The van der Waals surface area contributed by atoms with E-state index < -0.39 is 17.7 Å². The van der Waals surface area contributed by atoms with Crippen molar-refractivity contribution in [1.29, 1.82) is 0 Å². The van der Waals surface area contributed by atoms with E-state index in [2.05, 4.69) is 5.32 Å². The molecule has 0 spiro atoms. The maximum absolute atomic E-state index is 13.0. The Balaban J connectivity index is 3.89. The molecular weight excluding hydrogens is 185 g/mol. The molecule has 0 aliphatic carbocycles. The molecule has 4 heteroatoms. The van der Waals surface area contributed by atoms with Crippen molar-refractivity contribution in [1.82, 2.24) is 5.32 Å². The third-order valence-corrected chi connectivity index (χ3v) is 2.31. The molecule has 3 nitrogen and oxygen atoms in total. The first-order valence-electron chi connectivity index (χ1n) is 4.94. The van der Waals surface area contributed by atoms with E-state index in [1.165, 1.54) is 13.8 Å². The average molecular weight is 205 g/mol. The molecule has 0 radical (unpaired) electrons. The van der Waals surface area contributed by atoms with Gasteiger partial charge in [0.1, 0.15) is 0 Å². The number of nitrogens with one attached hydrogen (secondary N) is 1. The summed E-state index contributed by atoms with van der Waals surface area (Å²) >= 11 is 0. The summed E-state index contributed by atoms with van der Waals surface area (Å²) in [5.74, 6) is -0.571. The fourth-order valence-electron chi connectivity index (χ4n) is 0.881. The Morgan fingerprint density at radius 2 is 2.07 bits per heavy atom. The van der Waals surface area contributed by atoms with Gasteiger partial charge in [-0.05, 0) is 19.8 Å². The van der Waals surface area contributed by atoms with Gasteiger partial charge in [0.05, 0.1) is 6.10 Å². The van der Waals surface area contributed by atoms with Crippen molar-refractivity contribution in [3.8, 4) is 0 Å². The lowest BCUT2D eigenvalue weighted by Gasteiger charge is -2.20. The highest BCUT2D eigenvalue weighted by Gasteiger charge is 2.27. The van der Waals surface area contributed by atoms with Crippen molar-refractivity contribution >= 4 is 5.91 Å². The van der Waals surface area contributed by atoms with Crippen molar-refractivity contribution in [2.24, 2.45) is 5.92 Å². The fraction of sp³-hybridized carbons (Fsp3) is 0.900. The van der Waals surface area contributed by atoms with E-state index in [0.29, 0.717) is 0 Å². The van der Waals surface area contributed by atoms with Crippen LogP contribution in [0.25, 0.3) is 0 Å². The number of hydrogen-bond acceptors (Lipinski definition) is 2. The predicted molar refractivity (Wildman–Crippen MR) is 53.7 cm³/mol. The molecular formula is C10H20FNO2. The molecule has 0 aliphatic heterocycles. The molecule has 0 saturated heterocycles. The molecule has 0 bridgehead atoms. The highest BCUT2D eigenvalue weighted by molar-refractivity contribution is 5.84. The number of hydrogen-bond donors (Lipinski definition) is 2. The minimum atomic E-state index is -1.88. The van der Waals surface area contributed by atoms with E-state index in [1.807, 2.05) is 13.8 Å². The van der Waals surface area contributed by atoms with Gasteiger partial charge in [-0.2, -0.15) is 0 Å². The third kappa shape index (κ3) is 4.56. The Morgan fingerprint density at radius 1 is 1.57 bits per heavy atom. The number of carbonyl (C=O) groups is 1. The van der Waals surface area contributed by atoms with E-state index >= 15 is 0 Å². The van der Waals surface area contributed by atoms with E-state index in [4.69, 9.17) is 0 Å². The number of carbonyl (C=O) groups excluding carboxylic acids is 1. The van der Waals surface area contributed by atoms with Crippen molar-refractivity contribution in [3.63, 3.8) is 0 Å². The molecule has 84 valence electrons. The number of alkyl halides is 1. The van der Waals surface area contributed by atoms with Crippen LogP contribution in [0.3, 0.4) is 0 Å². The Bertz CT molecular complexity index is 189. The molecule has 0 rings (SSSR count). The van der Waals surface area contributed by atoms with E-state index in [0.717, 1.165) is 6.42 Å². The van der Waals surface area contributed by atoms with Crippen LogP contribution in [0, 0.1) is 5.92 Å². The number of aliphatic hydroxyl groups excluding tert-OH is 1. The zero-order chi connectivity index (χ0) is 11.4. The second-order valence-corrected chi connectivity index (χ2v) is 4.14.